The molecule has 0 amide bonds. The number of aryl methyl sites for hydroxylation is 2. The predicted octanol–water partition coefficient (Wildman–Crippen LogP) is 2.95. The van der Waals surface area contributed by atoms with Crippen molar-refractivity contribution in [3.8, 4) is 5.75 Å². The third-order valence-corrected chi connectivity index (χ3v) is 2.89. The van der Waals surface area contributed by atoms with Gasteiger partial charge >= 0.3 is 0 Å². The molecule has 108 valence electrons. The number of aliphatic hydroxyl groups excluding tert-OH is 1. The van der Waals surface area contributed by atoms with Crippen molar-refractivity contribution in [2.75, 3.05) is 13.2 Å². The normalized spacial score (nSPS) is 11.7. The first-order chi connectivity index (χ1) is 8.83. The summed E-state index contributed by atoms with van der Waals surface area (Å²) in [5, 5.41) is 12.3. The number of aliphatic hydroxyl groups is 1. The van der Waals surface area contributed by atoms with Crippen molar-refractivity contribution in [2.45, 2.75) is 53.1 Å². The van der Waals surface area contributed by atoms with E-state index in [0.717, 1.165) is 23.4 Å². The standard InChI is InChI=1S/C16H27NO2/c1-12-9-14(11-17-16(3,4)5)10-13(2)15(12)19-8-6-7-18/h9-10,17-18H,6-8,11H2,1-5H3. The van der Waals surface area contributed by atoms with Crippen LogP contribution in [-0.4, -0.2) is 23.9 Å². The molecule has 0 spiro atoms. The monoisotopic (exact) mass is 265 g/mol. The Balaban J connectivity index is 2.73. The fraction of sp³-hybridized carbons (Fsp3) is 0.625. The lowest BCUT2D eigenvalue weighted by Gasteiger charge is -2.21. The van der Waals surface area contributed by atoms with Crippen molar-refractivity contribution in [3.63, 3.8) is 0 Å². The van der Waals surface area contributed by atoms with Crippen LogP contribution in [0.5, 0.6) is 5.75 Å². The summed E-state index contributed by atoms with van der Waals surface area (Å²) in [6.07, 6.45) is 0.673. The molecule has 3 heteroatoms. The predicted molar refractivity (Wildman–Crippen MR) is 79.7 cm³/mol. The second-order valence-corrected chi connectivity index (χ2v) is 6.09. The van der Waals surface area contributed by atoms with E-state index < -0.39 is 0 Å². The lowest BCUT2D eigenvalue weighted by molar-refractivity contribution is 0.232. The quantitative estimate of drug-likeness (QED) is 0.777. The zero-order valence-corrected chi connectivity index (χ0v) is 12.8. The van der Waals surface area contributed by atoms with Gasteiger partial charge in [-0.05, 0) is 51.3 Å². The molecule has 0 saturated heterocycles. The molecule has 0 unspecified atom stereocenters. The van der Waals surface area contributed by atoms with Crippen LogP contribution < -0.4 is 10.1 Å². The Kier molecular flexibility index (Phi) is 5.83. The van der Waals surface area contributed by atoms with E-state index in [1.807, 2.05) is 0 Å². The molecule has 3 nitrogen and oxygen atoms in total. The molecule has 2 N–H and O–H groups in total. The Bertz CT molecular complexity index is 385. The van der Waals surface area contributed by atoms with E-state index in [1.165, 1.54) is 5.56 Å². The van der Waals surface area contributed by atoms with Crippen molar-refractivity contribution in [1.29, 1.82) is 0 Å². The van der Waals surface area contributed by atoms with Gasteiger partial charge in [0.2, 0.25) is 0 Å². The molecule has 0 radical (unpaired) electrons. The van der Waals surface area contributed by atoms with Gasteiger partial charge in [0.05, 0.1) is 6.61 Å². The average molecular weight is 265 g/mol. The Morgan fingerprint density at radius 3 is 2.21 bits per heavy atom. The van der Waals surface area contributed by atoms with Gasteiger partial charge in [-0.3, -0.25) is 0 Å². The van der Waals surface area contributed by atoms with Gasteiger partial charge in [0.1, 0.15) is 5.75 Å². The molecule has 0 saturated carbocycles. The molecular weight excluding hydrogens is 238 g/mol. The van der Waals surface area contributed by atoms with Gasteiger partial charge in [-0.1, -0.05) is 12.1 Å². The maximum Gasteiger partial charge on any atom is 0.125 e. The Morgan fingerprint density at radius 2 is 1.74 bits per heavy atom. The van der Waals surface area contributed by atoms with E-state index in [9.17, 15) is 0 Å². The molecular formula is C16H27NO2. The van der Waals surface area contributed by atoms with Gasteiger partial charge in [0, 0.05) is 25.1 Å². The molecule has 0 aliphatic carbocycles. The van der Waals surface area contributed by atoms with Crippen molar-refractivity contribution < 1.29 is 9.84 Å². The van der Waals surface area contributed by atoms with Crippen molar-refractivity contribution >= 4 is 0 Å². The van der Waals surface area contributed by atoms with Crippen LogP contribution in [0.2, 0.25) is 0 Å². The van der Waals surface area contributed by atoms with Crippen LogP contribution in [0, 0.1) is 13.8 Å². The van der Waals surface area contributed by atoms with Crippen molar-refractivity contribution in [3.05, 3.63) is 28.8 Å². The van der Waals surface area contributed by atoms with Crippen LogP contribution in [0.1, 0.15) is 43.9 Å². The zero-order chi connectivity index (χ0) is 14.5. The number of hydrogen-bond donors (Lipinski definition) is 2. The Morgan fingerprint density at radius 1 is 1.16 bits per heavy atom. The first-order valence-corrected chi connectivity index (χ1v) is 6.92. The topological polar surface area (TPSA) is 41.5 Å². The average Bonchev–Trinajstić information content (AvgIpc) is 2.29. The number of rotatable bonds is 6. The minimum atomic E-state index is 0.123. The molecule has 0 aliphatic heterocycles. The van der Waals surface area contributed by atoms with Crippen LogP contribution in [0.4, 0.5) is 0 Å². The number of hydrogen-bond acceptors (Lipinski definition) is 3. The second-order valence-electron chi connectivity index (χ2n) is 6.09. The first-order valence-electron chi connectivity index (χ1n) is 6.92. The van der Waals surface area contributed by atoms with Crippen LogP contribution in [0.3, 0.4) is 0 Å². The Hall–Kier alpha value is -1.06. The molecule has 0 atom stereocenters. The van der Waals surface area contributed by atoms with E-state index in [4.69, 9.17) is 9.84 Å². The van der Waals surface area contributed by atoms with Gasteiger partial charge in [0.25, 0.3) is 0 Å². The fourth-order valence-electron chi connectivity index (χ4n) is 1.98. The molecule has 1 rings (SSSR count). The smallest absolute Gasteiger partial charge is 0.125 e. The third kappa shape index (κ3) is 5.62. The third-order valence-electron chi connectivity index (χ3n) is 2.89. The van der Waals surface area contributed by atoms with Crippen molar-refractivity contribution in [2.24, 2.45) is 0 Å². The molecule has 0 heterocycles. The van der Waals surface area contributed by atoms with E-state index in [2.05, 4.69) is 52.1 Å². The fourth-order valence-corrected chi connectivity index (χ4v) is 1.98. The summed E-state index contributed by atoms with van der Waals surface area (Å²) in [5.41, 5.74) is 3.71. The second kappa shape index (κ2) is 6.92. The SMILES string of the molecule is Cc1cc(CNC(C)(C)C)cc(C)c1OCCCO. The number of nitrogens with one attached hydrogen (secondary N) is 1. The molecule has 19 heavy (non-hydrogen) atoms. The number of benzene rings is 1. The van der Waals surface area contributed by atoms with Gasteiger partial charge in [-0.15, -0.1) is 0 Å². The molecule has 0 aliphatic rings. The minimum Gasteiger partial charge on any atom is -0.493 e. The summed E-state index contributed by atoms with van der Waals surface area (Å²) in [5.74, 6) is 0.952. The van der Waals surface area contributed by atoms with Gasteiger partial charge < -0.3 is 15.2 Å². The van der Waals surface area contributed by atoms with Crippen molar-refractivity contribution in [1.82, 2.24) is 5.32 Å². The summed E-state index contributed by atoms with van der Waals surface area (Å²) < 4.78 is 5.73. The lowest BCUT2D eigenvalue weighted by Crippen LogP contribution is -2.35. The Labute approximate surface area is 117 Å². The highest BCUT2D eigenvalue weighted by molar-refractivity contribution is 5.43. The molecule has 1 aromatic carbocycles. The summed E-state index contributed by atoms with van der Waals surface area (Å²) in [6, 6.07) is 4.33. The summed E-state index contributed by atoms with van der Waals surface area (Å²) in [4.78, 5) is 0. The van der Waals surface area contributed by atoms with Crippen LogP contribution in [-0.2, 0) is 6.54 Å². The maximum absolute atomic E-state index is 8.78. The molecule has 0 fully saturated rings. The van der Waals surface area contributed by atoms with Crippen LogP contribution in [0.15, 0.2) is 12.1 Å². The summed E-state index contributed by atoms with van der Waals surface area (Å²) >= 11 is 0. The zero-order valence-electron chi connectivity index (χ0n) is 12.8. The molecule has 0 aromatic heterocycles. The maximum atomic E-state index is 8.78. The number of ether oxygens (including phenoxy) is 1. The van der Waals surface area contributed by atoms with Crippen LogP contribution in [0.25, 0.3) is 0 Å². The van der Waals surface area contributed by atoms with E-state index in [0.29, 0.717) is 13.0 Å². The molecule has 0 bridgehead atoms. The van der Waals surface area contributed by atoms with Gasteiger partial charge in [-0.25, -0.2) is 0 Å². The lowest BCUT2D eigenvalue weighted by atomic mass is 10.0. The first kappa shape index (κ1) is 16.0. The van der Waals surface area contributed by atoms with E-state index in [1.54, 1.807) is 0 Å². The van der Waals surface area contributed by atoms with Gasteiger partial charge in [-0.2, -0.15) is 0 Å². The highest BCUT2D eigenvalue weighted by Crippen LogP contribution is 2.25. The van der Waals surface area contributed by atoms with Gasteiger partial charge in [0.15, 0.2) is 0 Å². The summed E-state index contributed by atoms with van der Waals surface area (Å²) in [7, 11) is 0. The highest BCUT2D eigenvalue weighted by Gasteiger charge is 2.10. The van der Waals surface area contributed by atoms with Crippen LogP contribution >= 0.6 is 0 Å². The minimum absolute atomic E-state index is 0.123. The largest absolute Gasteiger partial charge is 0.493 e. The summed E-state index contributed by atoms with van der Waals surface area (Å²) in [6.45, 7) is 12.2. The van der Waals surface area contributed by atoms with E-state index in [-0.39, 0.29) is 12.1 Å². The molecule has 1 aromatic rings. The highest BCUT2D eigenvalue weighted by atomic mass is 16.5. The van der Waals surface area contributed by atoms with E-state index >= 15 is 0 Å².